The molecule has 1 aromatic carbocycles. The second-order valence-electron chi connectivity index (χ2n) is 4.99. The first-order valence-electron chi connectivity index (χ1n) is 6.36. The lowest BCUT2D eigenvalue weighted by atomic mass is 9.94. The zero-order chi connectivity index (χ0) is 13.1. The van der Waals surface area contributed by atoms with Crippen molar-refractivity contribution in [2.24, 2.45) is 5.92 Å². The molecular formula is C14H20ClFN2O. The van der Waals surface area contributed by atoms with Gasteiger partial charge in [0.15, 0.2) is 0 Å². The van der Waals surface area contributed by atoms with Gasteiger partial charge in [0.2, 0.25) is 0 Å². The second-order valence-corrected chi connectivity index (χ2v) is 4.99. The molecule has 0 bridgehead atoms. The summed E-state index contributed by atoms with van der Waals surface area (Å²) in [6, 6.07) is 4.97. The molecule has 0 aromatic heterocycles. The van der Waals surface area contributed by atoms with Crippen LogP contribution in [0, 0.1) is 18.7 Å². The van der Waals surface area contributed by atoms with Gasteiger partial charge in [-0.1, -0.05) is 19.1 Å². The summed E-state index contributed by atoms with van der Waals surface area (Å²) < 4.78 is 13.8. The van der Waals surface area contributed by atoms with Gasteiger partial charge in [0.25, 0.3) is 5.91 Å². The predicted octanol–water partition coefficient (Wildman–Crippen LogP) is 2.28. The molecular weight excluding hydrogens is 267 g/mol. The van der Waals surface area contributed by atoms with E-state index in [1.54, 1.807) is 19.1 Å². The quantitative estimate of drug-likeness (QED) is 0.876. The highest BCUT2D eigenvalue weighted by molar-refractivity contribution is 5.94. The predicted molar refractivity (Wildman–Crippen MR) is 76.3 cm³/mol. The highest BCUT2D eigenvalue weighted by Crippen LogP contribution is 2.15. The van der Waals surface area contributed by atoms with Gasteiger partial charge in [-0.3, -0.25) is 4.79 Å². The maximum absolute atomic E-state index is 13.8. The molecule has 19 heavy (non-hydrogen) atoms. The number of nitrogens with one attached hydrogen (secondary N) is 2. The lowest BCUT2D eigenvalue weighted by Gasteiger charge is -2.30. The van der Waals surface area contributed by atoms with E-state index in [1.165, 1.54) is 6.07 Å². The Hall–Kier alpha value is -1.13. The molecule has 1 amide bonds. The number of carbonyl (C=O) groups is 1. The van der Waals surface area contributed by atoms with Crippen LogP contribution in [0.1, 0.15) is 29.3 Å². The van der Waals surface area contributed by atoms with Crippen molar-refractivity contribution in [1.29, 1.82) is 0 Å². The van der Waals surface area contributed by atoms with Gasteiger partial charge in [-0.25, -0.2) is 4.39 Å². The third-order valence-electron chi connectivity index (χ3n) is 3.58. The Morgan fingerprint density at radius 1 is 1.47 bits per heavy atom. The highest BCUT2D eigenvalue weighted by Gasteiger charge is 2.24. The van der Waals surface area contributed by atoms with Crippen LogP contribution in [-0.2, 0) is 0 Å². The maximum Gasteiger partial charge on any atom is 0.254 e. The van der Waals surface area contributed by atoms with Gasteiger partial charge in [-0.2, -0.15) is 0 Å². The van der Waals surface area contributed by atoms with Crippen LogP contribution in [0.3, 0.4) is 0 Å². The van der Waals surface area contributed by atoms with Crippen molar-refractivity contribution in [3.8, 4) is 0 Å². The first kappa shape index (κ1) is 15.9. The Labute approximate surface area is 119 Å². The molecule has 1 aliphatic heterocycles. The molecule has 1 aromatic rings. The lowest BCUT2D eigenvalue weighted by Crippen LogP contribution is -2.50. The second kappa shape index (κ2) is 6.87. The van der Waals surface area contributed by atoms with Crippen LogP contribution in [0.5, 0.6) is 0 Å². The van der Waals surface area contributed by atoms with E-state index < -0.39 is 5.82 Å². The van der Waals surface area contributed by atoms with E-state index in [9.17, 15) is 9.18 Å². The van der Waals surface area contributed by atoms with Crippen LogP contribution in [0.2, 0.25) is 0 Å². The molecule has 106 valence electrons. The average Bonchev–Trinajstić information content (AvgIpc) is 2.35. The van der Waals surface area contributed by atoms with Gasteiger partial charge in [-0.05, 0) is 37.4 Å². The van der Waals surface area contributed by atoms with Crippen LogP contribution in [0.25, 0.3) is 0 Å². The summed E-state index contributed by atoms with van der Waals surface area (Å²) in [4.78, 5) is 12.1. The van der Waals surface area contributed by atoms with Crippen molar-refractivity contribution < 1.29 is 9.18 Å². The third kappa shape index (κ3) is 3.67. The van der Waals surface area contributed by atoms with Gasteiger partial charge in [-0.15, -0.1) is 12.4 Å². The zero-order valence-corrected chi connectivity index (χ0v) is 12.0. The molecule has 1 saturated heterocycles. The summed E-state index contributed by atoms with van der Waals surface area (Å²) in [6.07, 6.45) is 1.03. The normalized spacial score (nSPS) is 22.5. The molecule has 3 nitrogen and oxygen atoms in total. The molecule has 2 rings (SSSR count). The number of amides is 1. The summed E-state index contributed by atoms with van der Waals surface area (Å²) in [7, 11) is 0. The SMILES string of the molecule is Cc1cccc(C(=O)NC2CNCCC2C)c1F.Cl. The number of halogens is 2. The van der Waals surface area contributed by atoms with Crippen molar-refractivity contribution in [1.82, 2.24) is 10.6 Å². The summed E-state index contributed by atoms with van der Waals surface area (Å²) in [5, 5.41) is 6.15. The fourth-order valence-electron chi connectivity index (χ4n) is 2.25. The van der Waals surface area contributed by atoms with E-state index in [1.807, 2.05) is 0 Å². The first-order chi connectivity index (χ1) is 8.59. The lowest BCUT2D eigenvalue weighted by molar-refractivity contribution is 0.0911. The van der Waals surface area contributed by atoms with E-state index in [0.29, 0.717) is 11.5 Å². The molecule has 0 spiro atoms. The minimum Gasteiger partial charge on any atom is -0.348 e. The summed E-state index contributed by atoms with van der Waals surface area (Å²) >= 11 is 0. The average molecular weight is 287 g/mol. The van der Waals surface area contributed by atoms with E-state index in [0.717, 1.165) is 19.5 Å². The number of hydrogen-bond donors (Lipinski definition) is 2. The van der Waals surface area contributed by atoms with Crippen molar-refractivity contribution in [3.63, 3.8) is 0 Å². The van der Waals surface area contributed by atoms with Crippen LogP contribution in [-0.4, -0.2) is 25.0 Å². The fourth-order valence-corrected chi connectivity index (χ4v) is 2.25. The standard InChI is InChI=1S/C14H19FN2O.ClH/c1-9-6-7-16-8-12(9)17-14(18)11-5-3-4-10(2)13(11)15;/h3-5,9,12,16H,6-8H2,1-2H3,(H,17,18);1H. The minimum atomic E-state index is -0.425. The topological polar surface area (TPSA) is 41.1 Å². The van der Waals surface area contributed by atoms with Gasteiger partial charge in [0.1, 0.15) is 5.82 Å². The Bertz CT molecular complexity index is 453. The molecule has 0 saturated carbocycles. The highest BCUT2D eigenvalue weighted by atomic mass is 35.5. The Balaban J connectivity index is 0.00000180. The van der Waals surface area contributed by atoms with E-state index in [4.69, 9.17) is 0 Å². The van der Waals surface area contributed by atoms with Crippen molar-refractivity contribution >= 4 is 18.3 Å². The Morgan fingerprint density at radius 2 is 2.21 bits per heavy atom. The molecule has 1 fully saturated rings. The van der Waals surface area contributed by atoms with Gasteiger partial charge < -0.3 is 10.6 Å². The minimum absolute atomic E-state index is 0. The van der Waals surface area contributed by atoms with Gasteiger partial charge >= 0.3 is 0 Å². The fraction of sp³-hybridized carbons (Fsp3) is 0.500. The van der Waals surface area contributed by atoms with Crippen molar-refractivity contribution in [3.05, 3.63) is 35.1 Å². The molecule has 1 heterocycles. The number of piperidine rings is 1. The maximum atomic E-state index is 13.8. The summed E-state index contributed by atoms with van der Waals surface area (Å²) in [5.74, 6) is -0.328. The molecule has 0 aliphatic carbocycles. The van der Waals surface area contributed by atoms with Crippen LogP contribution in [0.15, 0.2) is 18.2 Å². The van der Waals surface area contributed by atoms with E-state index in [-0.39, 0.29) is 29.9 Å². The summed E-state index contributed by atoms with van der Waals surface area (Å²) in [5.41, 5.74) is 0.630. The van der Waals surface area contributed by atoms with E-state index in [2.05, 4.69) is 17.6 Å². The smallest absolute Gasteiger partial charge is 0.254 e. The van der Waals surface area contributed by atoms with Crippen molar-refractivity contribution in [2.75, 3.05) is 13.1 Å². The molecule has 0 radical (unpaired) electrons. The largest absolute Gasteiger partial charge is 0.348 e. The van der Waals surface area contributed by atoms with Gasteiger partial charge in [0.05, 0.1) is 5.56 Å². The van der Waals surface area contributed by atoms with Crippen molar-refractivity contribution in [2.45, 2.75) is 26.3 Å². The Kier molecular flexibility index (Phi) is 5.76. The number of aryl methyl sites for hydroxylation is 1. The summed E-state index contributed by atoms with van der Waals surface area (Å²) in [6.45, 7) is 5.50. The molecule has 2 atom stereocenters. The van der Waals surface area contributed by atoms with Gasteiger partial charge in [0, 0.05) is 12.6 Å². The number of rotatable bonds is 2. The molecule has 1 aliphatic rings. The number of carbonyl (C=O) groups excluding carboxylic acids is 1. The van der Waals surface area contributed by atoms with Crippen LogP contribution >= 0.6 is 12.4 Å². The van der Waals surface area contributed by atoms with Crippen LogP contribution in [0.4, 0.5) is 4.39 Å². The molecule has 2 unspecified atom stereocenters. The van der Waals surface area contributed by atoms with E-state index >= 15 is 0 Å². The van der Waals surface area contributed by atoms with Crippen LogP contribution < -0.4 is 10.6 Å². The third-order valence-corrected chi connectivity index (χ3v) is 3.58. The molecule has 5 heteroatoms. The monoisotopic (exact) mass is 286 g/mol. The Morgan fingerprint density at radius 3 is 2.89 bits per heavy atom. The number of benzene rings is 1. The molecule has 2 N–H and O–H groups in total. The first-order valence-corrected chi connectivity index (χ1v) is 6.36. The zero-order valence-electron chi connectivity index (χ0n) is 11.2. The number of hydrogen-bond acceptors (Lipinski definition) is 2.